The van der Waals surface area contributed by atoms with E-state index in [4.69, 9.17) is 9.47 Å². The van der Waals surface area contributed by atoms with Gasteiger partial charge in [0.25, 0.3) is 0 Å². The van der Waals surface area contributed by atoms with Crippen LogP contribution in [-0.4, -0.2) is 36.3 Å². The maximum Gasteiger partial charge on any atom is 0.212 e. The van der Waals surface area contributed by atoms with E-state index in [-0.39, 0.29) is 0 Å². The lowest BCUT2D eigenvalue weighted by atomic mass is 9.96. The van der Waals surface area contributed by atoms with Gasteiger partial charge in [-0.15, -0.1) is 0 Å². The molecule has 0 radical (unpaired) electrons. The number of nitrogens with zero attached hydrogens (tertiary/aromatic N) is 3. The van der Waals surface area contributed by atoms with Crippen LogP contribution in [0.3, 0.4) is 0 Å². The number of allylic oxidation sites excluding steroid dienone is 1. The summed E-state index contributed by atoms with van der Waals surface area (Å²) in [5, 5.41) is 8.03. The van der Waals surface area contributed by atoms with Crippen molar-refractivity contribution in [2.45, 2.75) is 59.3 Å². The molecular formula is C25H37N3O3. The van der Waals surface area contributed by atoms with Crippen molar-refractivity contribution >= 4 is 6.21 Å². The molecule has 0 saturated heterocycles. The summed E-state index contributed by atoms with van der Waals surface area (Å²) in [6.45, 7) is 7.71. The first-order valence-corrected chi connectivity index (χ1v) is 11.1. The number of aromatic nitrogens is 2. The molecule has 0 amide bonds. The Balaban J connectivity index is 1.63. The van der Waals surface area contributed by atoms with Crippen LogP contribution in [0.2, 0.25) is 0 Å². The Hall–Kier alpha value is -2.76. The van der Waals surface area contributed by atoms with Crippen molar-refractivity contribution in [2.75, 3.05) is 20.3 Å². The number of benzene rings is 1. The Morgan fingerprint density at radius 1 is 1.00 bits per heavy atom. The molecule has 170 valence electrons. The molecule has 2 aromatic rings. The van der Waals surface area contributed by atoms with Crippen molar-refractivity contribution in [1.29, 1.82) is 0 Å². The van der Waals surface area contributed by atoms with Gasteiger partial charge in [-0.1, -0.05) is 36.6 Å². The number of oxime groups is 1. The summed E-state index contributed by atoms with van der Waals surface area (Å²) < 4.78 is 13.3. The standard InChI is InChI=1S/C25H37N3O3/c1-6-7-14-30-23-16-20(2)24(21(3)17-23)13-11-9-8-10-12-15-31-25-18-22(19-26-29-5)27-28(25)4/h6-7,16-19H,8-15H2,1-5H3/b7-6+,26-19+. The van der Waals surface area contributed by atoms with Gasteiger partial charge in [0.1, 0.15) is 25.2 Å². The van der Waals surface area contributed by atoms with Crippen LogP contribution in [0.15, 0.2) is 35.5 Å². The summed E-state index contributed by atoms with van der Waals surface area (Å²) in [7, 11) is 3.38. The monoisotopic (exact) mass is 427 g/mol. The molecule has 0 unspecified atom stereocenters. The first kappa shape index (κ1) is 24.5. The van der Waals surface area contributed by atoms with E-state index in [9.17, 15) is 0 Å². The lowest BCUT2D eigenvalue weighted by Gasteiger charge is -2.13. The molecule has 0 bridgehead atoms. The molecule has 1 aromatic carbocycles. The van der Waals surface area contributed by atoms with Crippen molar-refractivity contribution in [1.82, 2.24) is 9.78 Å². The normalized spacial score (nSPS) is 11.5. The summed E-state index contributed by atoms with van der Waals surface area (Å²) in [5.41, 5.74) is 4.85. The summed E-state index contributed by atoms with van der Waals surface area (Å²) in [6, 6.07) is 6.19. The first-order valence-electron chi connectivity index (χ1n) is 11.1. The van der Waals surface area contributed by atoms with Gasteiger partial charge in [0, 0.05) is 13.1 Å². The minimum absolute atomic E-state index is 0.627. The second kappa shape index (κ2) is 13.5. The fourth-order valence-electron chi connectivity index (χ4n) is 3.56. The van der Waals surface area contributed by atoms with Gasteiger partial charge in [0.15, 0.2) is 0 Å². The Bertz CT molecular complexity index is 833. The van der Waals surface area contributed by atoms with Gasteiger partial charge in [0.05, 0.1) is 12.8 Å². The van der Waals surface area contributed by atoms with E-state index in [1.54, 1.807) is 10.9 Å². The third-order valence-electron chi connectivity index (χ3n) is 5.22. The molecule has 0 spiro atoms. The average Bonchev–Trinajstić information content (AvgIpc) is 3.09. The third-order valence-corrected chi connectivity index (χ3v) is 5.22. The van der Waals surface area contributed by atoms with E-state index < -0.39 is 0 Å². The highest BCUT2D eigenvalue weighted by atomic mass is 16.6. The van der Waals surface area contributed by atoms with Crippen LogP contribution in [0.5, 0.6) is 11.6 Å². The Kier molecular flexibility index (Phi) is 10.7. The maximum atomic E-state index is 5.83. The Labute approximate surface area is 186 Å². The predicted molar refractivity (Wildman–Crippen MR) is 126 cm³/mol. The van der Waals surface area contributed by atoms with Gasteiger partial charge in [0.2, 0.25) is 5.88 Å². The minimum Gasteiger partial charge on any atom is -0.490 e. The number of aryl methyl sites for hydroxylation is 3. The molecule has 0 atom stereocenters. The zero-order valence-electron chi connectivity index (χ0n) is 19.7. The maximum absolute atomic E-state index is 5.83. The predicted octanol–water partition coefficient (Wildman–Crippen LogP) is 5.54. The molecule has 6 nitrogen and oxygen atoms in total. The molecular weight excluding hydrogens is 390 g/mol. The second-order valence-electron chi connectivity index (χ2n) is 7.73. The number of hydrogen-bond donors (Lipinski definition) is 0. The van der Waals surface area contributed by atoms with Crippen LogP contribution in [0, 0.1) is 13.8 Å². The molecule has 0 aliphatic carbocycles. The van der Waals surface area contributed by atoms with Crippen molar-refractivity contribution < 1.29 is 14.3 Å². The van der Waals surface area contributed by atoms with Crippen molar-refractivity contribution in [3.8, 4) is 11.6 Å². The lowest BCUT2D eigenvalue weighted by Crippen LogP contribution is -2.02. The summed E-state index contributed by atoms with van der Waals surface area (Å²) in [4.78, 5) is 4.68. The van der Waals surface area contributed by atoms with Gasteiger partial charge in [-0.05, 0) is 68.9 Å². The SMILES string of the molecule is C/C=C/COc1cc(C)c(CCCCCCCOc2cc(/C=N/OC)nn2C)c(C)c1. The highest BCUT2D eigenvalue weighted by Crippen LogP contribution is 2.24. The van der Waals surface area contributed by atoms with Crippen LogP contribution >= 0.6 is 0 Å². The highest BCUT2D eigenvalue weighted by Gasteiger charge is 2.07. The molecule has 1 heterocycles. The second-order valence-corrected chi connectivity index (χ2v) is 7.73. The van der Waals surface area contributed by atoms with E-state index >= 15 is 0 Å². The zero-order valence-corrected chi connectivity index (χ0v) is 19.7. The number of rotatable bonds is 14. The van der Waals surface area contributed by atoms with Crippen LogP contribution in [-0.2, 0) is 18.3 Å². The van der Waals surface area contributed by atoms with Crippen LogP contribution in [0.1, 0.15) is 61.4 Å². The zero-order chi connectivity index (χ0) is 22.5. The fraction of sp³-hybridized carbons (Fsp3) is 0.520. The van der Waals surface area contributed by atoms with Crippen LogP contribution < -0.4 is 9.47 Å². The highest BCUT2D eigenvalue weighted by molar-refractivity contribution is 5.76. The first-order chi connectivity index (χ1) is 15.0. The fourth-order valence-corrected chi connectivity index (χ4v) is 3.56. The van der Waals surface area contributed by atoms with E-state index in [0.29, 0.717) is 13.2 Å². The minimum atomic E-state index is 0.627. The summed E-state index contributed by atoms with van der Waals surface area (Å²) in [5.74, 6) is 1.71. The van der Waals surface area contributed by atoms with Gasteiger partial charge in [-0.25, -0.2) is 4.68 Å². The lowest BCUT2D eigenvalue weighted by molar-refractivity contribution is 0.215. The Morgan fingerprint density at radius 3 is 2.42 bits per heavy atom. The van der Waals surface area contributed by atoms with Gasteiger partial charge in [-0.2, -0.15) is 5.10 Å². The van der Waals surface area contributed by atoms with E-state index in [2.05, 4.69) is 41.1 Å². The van der Waals surface area contributed by atoms with Gasteiger partial charge >= 0.3 is 0 Å². The van der Waals surface area contributed by atoms with E-state index in [1.807, 2.05) is 32.2 Å². The quantitative estimate of drug-likeness (QED) is 0.172. The van der Waals surface area contributed by atoms with E-state index in [1.165, 1.54) is 49.5 Å². The van der Waals surface area contributed by atoms with Crippen molar-refractivity contribution in [2.24, 2.45) is 12.2 Å². The summed E-state index contributed by atoms with van der Waals surface area (Å²) in [6.07, 6.45) is 12.6. The summed E-state index contributed by atoms with van der Waals surface area (Å²) >= 11 is 0. The van der Waals surface area contributed by atoms with Crippen molar-refractivity contribution in [3.05, 3.63) is 52.7 Å². The molecule has 0 N–H and O–H groups in total. The van der Waals surface area contributed by atoms with Gasteiger partial charge < -0.3 is 14.3 Å². The van der Waals surface area contributed by atoms with Crippen molar-refractivity contribution in [3.63, 3.8) is 0 Å². The molecule has 0 aliphatic rings. The van der Waals surface area contributed by atoms with Crippen LogP contribution in [0.25, 0.3) is 0 Å². The number of unbranched alkanes of at least 4 members (excludes halogenated alkanes) is 4. The molecule has 2 rings (SSSR count). The van der Waals surface area contributed by atoms with E-state index in [0.717, 1.165) is 30.2 Å². The Morgan fingerprint density at radius 2 is 1.71 bits per heavy atom. The van der Waals surface area contributed by atoms with Gasteiger partial charge in [-0.3, -0.25) is 0 Å². The molecule has 0 aliphatic heterocycles. The number of ether oxygens (including phenoxy) is 2. The molecule has 0 saturated carbocycles. The third kappa shape index (κ3) is 8.48. The smallest absolute Gasteiger partial charge is 0.212 e. The number of hydrogen-bond acceptors (Lipinski definition) is 5. The molecule has 31 heavy (non-hydrogen) atoms. The molecule has 0 fully saturated rings. The van der Waals surface area contributed by atoms with Crippen LogP contribution in [0.4, 0.5) is 0 Å². The molecule has 1 aromatic heterocycles. The topological polar surface area (TPSA) is 57.9 Å². The molecule has 6 heteroatoms. The largest absolute Gasteiger partial charge is 0.490 e. The average molecular weight is 428 g/mol.